The molecule has 1 aromatic carbocycles. The first kappa shape index (κ1) is 20.0. The van der Waals surface area contributed by atoms with E-state index in [1.54, 1.807) is 0 Å². The Kier molecular flexibility index (Phi) is 6.52. The minimum Gasteiger partial charge on any atom is -0.493 e. The normalized spacial score (nSPS) is 18.5. The van der Waals surface area contributed by atoms with Crippen LogP contribution in [0, 0.1) is 0 Å². The van der Waals surface area contributed by atoms with Gasteiger partial charge in [0.2, 0.25) is 6.79 Å². The van der Waals surface area contributed by atoms with Crippen molar-refractivity contribution < 1.29 is 14.2 Å². The fourth-order valence-corrected chi connectivity index (χ4v) is 4.37. The number of likely N-dealkylation sites (N-methyl/N-ethyl adjacent to an activating group) is 1. The highest BCUT2D eigenvalue weighted by Crippen LogP contribution is 2.39. The molecule has 1 saturated heterocycles. The van der Waals surface area contributed by atoms with Crippen LogP contribution < -0.4 is 14.2 Å². The van der Waals surface area contributed by atoms with Gasteiger partial charge in [-0.1, -0.05) is 13.0 Å². The Morgan fingerprint density at radius 2 is 2.07 bits per heavy atom. The minimum atomic E-state index is 0.275. The van der Waals surface area contributed by atoms with Crippen molar-refractivity contribution >= 4 is 0 Å². The number of nitrogens with zero attached hydrogens (tertiary/aromatic N) is 3. The van der Waals surface area contributed by atoms with E-state index in [2.05, 4.69) is 33.8 Å². The van der Waals surface area contributed by atoms with Crippen molar-refractivity contribution in [2.75, 3.05) is 33.0 Å². The number of ether oxygens (including phenoxy) is 3. The number of fused-ring (bicyclic) bond motifs is 1. The van der Waals surface area contributed by atoms with Gasteiger partial charge >= 0.3 is 0 Å². The predicted molar refractivity (Wildman–Crippen MR) is 112 cm³/mol. The Morgan fingerprint density at radius 3 is 2.83 bits per heavy atom. The van der Waals surface area contributed by atoms with E-state index in [0.29, 0.717) is 12.6 Å². The molecular weight excluding hydrogens is 366 g/mol. The fourth-order valence-electron chi connectivity index (χ4n) is 4.37. The molecule has 4 rings (SSSR count). The lowest BCUT2D eigenvalue weighted by Crippen LogP contribution is -2.39. The smallest absolute Gasteiger partial charge is 0.231 e. The molecule has 0 N–H and O–H groups in total. The predicted octanol–water partition coefficient (Wildman–Crippen LogP) is 3.70. The highest BCUT2D eigenvalue weighted by molar-refractivity contribution is 5.51. The second kappa shape index (κ2) is 9.46. The Labute approximate surface area is 173 Å². The average molecular weight is 398 g/mol. The molecule has 2 aliphatic rings. The lowest BCUT2D eigenvalue weighted by atomic mass is 10.1. The van der Waals surface area contributed by atoms with E-state index in [9.17, 15) is 0 Å². The first-order valence-electron chi connectivity index (χ1n) is 10.7. The third-order valence-corrected chi connectivity index (χ3v) is 5.75. The molecule has 0 radical (unpaired) electrons. The molecule has 6 heteroatoms. The van der Waals surface area contributed by atoms with Crippen molar-refractivity contribution in [1.29, 1.82) is 0 Å². The van der Waals surface area contributed by atoms with Crippen molar-refractivity contribution in [2.24, 2.45) is 0 Å². The number of hydrogen-bond acceptors (Lipinski definition) is 6. The van der Waals surface area contributed by atoms with Gasteiger partial charge in [-0.2, -0.15) is 0 Å². The zero-order valence-electron chi connectivity index (χ0n) is 17.5. The molecule has 0 aliphatic carbocycles. The molecule has 0 saturated carbocycles. The zero-order valence-corrected chi connectivity index (χ0v) is 17.5. The SMILES string of the molecule is CCOc1cc2c(cc1CN(Cc1cccnc1)CC1CCCN1CC)OCO2. The molecule has 3 heterocycles. The van der Waals surface area contributed by atoms with Crippen molar-refractivity contribution in [3.63, 3.8) is 0 Å². The van der Waals surface area contributed by atoms with Crippen LogP contribution in [0.3, 0.4) is 0 Å². The molecule has 1 unspecified atom stereocenters. The summed E-state index contributed by atoms with van der Waals surface area (Å²) in [6.07, 6.45) is 6.33. The molecule has 29 heavy (non-hydrogen) atoms. The highest BCUT2D eigenvalue weighted by atomic mass is 16.7. The van der Waals surface area contributed by atoms with Gasteiger partial charge in [0.25, 0.3) is 0 Å². The molecule has 156 valence electrons. The van der Waals surface area contributed by atoms with E-state index in [1.807, 2.05) is 31.5 Å². The lowest BCUT2D eigenvalue weighted by Gasteiger charge is -2.31. The molecule has 1 aromatic heterocycles. The third-order valence-electron chi connectivity index (χ3n) is 5.75. The number of pyridine rings is 1. The molecule has 6 nitrogen and oxygen atoms in total. The van der Waals surface area contributed by atoms with Crippen LogP contribution in [0.4, 0.5) is 0 Å². The second-order valence-electron chi connectivity index (χ2n) is 7.70. The molecule has 2 aliphatic heterocycles. The monoisotopic (exact) mass is 397 g/mol. The minimum absolute atomic E-state index is 0.275. The van der Waals surface area contributed by atoms with Crippen molar-refractivity contribution in [2.45, 2.75) is 45.8 Å². The van der Waals surface area contributed by atoms with Crippen LogP contribution in [0.15, 0.2) is 36.7 Å². The number of rotatable bonds is 9. The van der Waals surface area contributed by atoms with Crippen molar-refractivity contribution in [3.8, 4) is 17.2 Å². The van der Waals surface area contributed by atoms with Gasteiger partial charge in [-0.3, -0.25) is 14.8 Å². The van der Waals surface area contributed by atoms with Gasteiger partial charge < -0.3 is 14.2 Å². The summed E-state index contributed by atoms with van der Waals surface area (Å²) in [6, 6.07) is 8.80. The van der Waals surface area contributed by atoms with Gasteiger partial charge in [0, 0.05) is 49.7 Å². The van der Waals surface area contributed by atoms with Gasteiger partial charge in [-0.25, -0.2) is 0 Å². The Hall–Kier alpha value is -2.31. The summed E-state index contributed by atoms with van der Waals surface area (Å²) in [5, 5.41) is 0. The quantitative estimate of drug-likeness (QED) is 0.643. The topological polar surface area (TPSA) is 47.1 Å². The standard InChI is InChI=1S/C23H31N3O3/c1-3-26-10-6-8-20(26)16-25(14-18-7-5-9-24-13-18)15-19-11-22-23(29-17-28-22)12-21(19)27-4-2/h5,7,9,11-13,20H,3-4,6,8,10,14-17H2,1-2H3. The van der Waals surface area contributed by atoms with E-state index in [-0.39, 0.29) is 6.79 Å². The maximum absolute atomic E-state index is 5.94. The molecule has 2 aromatic rings. The Morgan fingerprint density at radius 1 is 1.21 bits per heavy atom. The summed E-state index contributed by atoms with van der Waals surface area (Å²) in [6.45, 7) is 10.2. The summed E-state index contributed by atoms with van der Waals surface area (Å²) >= 11 is 0. The summed E-state index contributed by atoms with van der Waals surface area (Å²) in [5.74, 6) is 2.46. The van der Waals surface area contributed by atoms with E-state index < -0.39 is 0 Å². The van der Waals surface area contributed by atoms with Gasteiger partial charge in [0.1, 0.15) is 5.75 Å². The van der Waals surface area contributed by atoms with Crippen LogP contribution in [-0.2, 0) is 13.1 Å². The maximum atomic E-state index is 5.94. The van der Waals surface area contributed by atoms with E-state index >= 15 is 0 Å². The lowest BCUT2D eigenvalue weighted by molar-refractivity contribution is 0.164. The fraction of sp³-hybridized carbons (Fsp3) is 0.522. The molecule has 1 fully saturated rings. The number of hydrogen-bond donors (Lipinski definition) is 0. The van der Waals surface area contributed by atoms with Crippen LogP contribution in [0.25, 0.3) is 0 Å². The van der Waals surface area contributed by atoms with Crippen LogP contribution in [0.5, 0.6) is 17.2 Å². The zero-order chi connectivity index (χ0) is 20.1. The van der Waals surface area contributed by atoms with Gasteiger partial charge in [-0.05, 0) is 50.6 Å². The Balaban J connectivity index is 1.57. The van der Waals surface area contributed by atoms with Crippen molar-refractivity contribution in [3.05, 3.63) is 47.8 Å². The van der Waals surface area contributed by atoms with Crippen LogP contribution >= 0.6 is 0 Å². The summed E-state index contributed by atoms with van der Waals surface area (Å²) in [5.41, 5.74) is 2.37. The molecular formula is C23H31N3O3. The number of aromatic nitrogens is 1. The van der Waals surface area contributed by atoms with Crippen LogP contribution in [-0.4, -0.2) is 53.9 Å². The first-order chi connectivity index (χ1) is 14.3. The second-order valence-corrected chi connectivity index (χ2v) is 7.70. The molecule has 0 amide bonds. The van der Waals surface area contributed by atoms with Gasteiger partial charge in [-0.15, -0.1) is 0 Å². The molecule has 0 spiro atoms. The third kappa shape index (κ3) is 4.82. The number of benzene rings is 1. The van der Waals surface area contributed by atoms with E-state index in [0.717, 1.165) is 49.0 Å². The van der Waals surface area contributed by atoms with Gasteiger partial charge in [0.05, 0.1) is 6.61 Å². The van der Waals surface area contributed by atoms with Crippen molar-refractivity contribution in [1.82, 2.24) is 14.8 Å². The Bertz CT molecular complexity index is 799. The maximum Gasteiger partial charge on any atom is 0.231 e. The largest absolute Gasteiger partial charge is 0.493 e. The first-order valence-corrected chi connectivity index (χ1v) is 10.7. The van der Waals surface area contributed by atoms with Crippen LogP contribution in [0.2, 0.25) is 0 Å². The summed E-state index contributed by atoms with van der Waals surface area (Å²) in [4.78, 5) is 9.41. The molecule has 1 atom stereocenters. The van der Waals surface area contributed by atoms with E-state index in [1.165, 1.54) is 24.9 Å². The van der Waals surface area contributed by atoms with Gasteiger partial charge in [0.15, 0.2) is 11.5 Å². The summed E-state index contributed by atoms with van der Waals surface area (Å²) in [7, 11) is 0. The highest BCUT2D eigenvalue weighted by Gasteiger charge is 2.26. The summed E-state index contributed by atoms with van der Waals surface area (Å²) < 4.78 is 17.1. The average Bonchev–Trinajstić information content (AvgIpc) is 3.37. The van der Waals surface area contributed by atoms with Crippen LogP contribution in [0.1, 0.15) is 37.8 Å². The number of likely N-dealkylation sites (tertiary alicyclic amines) is 1. The van der Waals surface area contributed by atoms with E-state index in [4.69, 9.17) is 14.2 Å². The molecule has 0 bridgehead atoms.